The topological polar surface area (TPSA) is 195 Å². The number of methoxy groups -OCH3 is 1. The number of benzene rings is 3. The van der Waals surface area contributed by atoms with Crippen LogP contribution in [0.1, 0.15) is 59.2 Å². The fourth-order valence-electron chi connectivity index (χ4n) is 7.92. The minimum Gasteiger partial charge on any atom is -0.496 e. The maximum atomic E-state index is 14.8. The Morgan fingerprint density at radius 1 is 0.917 bits per heavy atom. The van der Waals surface area contributed by atoms with Gasteiger partial charge in [0, 0.05) is 62.6 Å². The van der Waals surface area contributed by atoms with Crippen LogP contribution in [0.15, 0.2) is 66.9 Å². The van der Waals surface area contributed by atoms with Gasteiger partial charge in [-0.15, -0.1) is 0 Å². The number of nitrogens with one attached hydrogen (secondary N) is 4. The van der Waals surface area contributed by atoms with Gasteiger partial charge in [0.25, 0.3) is 11.8 Å². The van der Waals surface area contributed by atoms with Gasteiger partial charge >= 0.3 is 0 Å². The van der Waals surface area contributed by atoms with Crippen LogP contribution in [-0.2, 0) is 14.4 Å². The molecule has 5 aromatic rings. The SMILES string of the molecule is COc1cccc(F)c1-c1ncc2[nH]nc(-c3ccc(N4CCN(CC(=O)NCCCCCCNc5ccc6c(c5)C(=O)N(C5CCC(=O)NC5=O)C6=O)CC4)cc3)c2n1. The normalized spacial score (nSPS) is 16.9. The van der Waals surface area contributed by atoms with Crippen molar-refractivity contribution in [3.63, 3.8) is 0 Å². The molecule has 60 heavy (non-hydrogen) atoms. The molecule has 8 rings (SSSR count). The van der Waals surface area contributed by atoms with Gasteiger partial charge in [0.05, 0.1) is 36.5 Å². The van der Waals surface area contributed by atoms with E-state index in [1.807, 2.05) is 12.1 Å². The Kier molecular flexibility index (Phi) is 11.8. The summed E-state index contributed by atoms with van der Waals surface area (Å²) in [6.07, 6.45) is 5.44. The van der Waals surface area contributed by atoms with E-state index in [0.717, 1.165) is 68.0 Å². The van der Waals surface area contributed by atoms with Gasteiger partial charge in [-0.05, 0) is 61.7 Å². The minimum atomic E-state index is -0.989. The summed E-state index contributed by atoms with van der Waals surface area (Å²) in [6, 6.07) is 16.7. The Balaban J connectivity index is 0.725. The Morgan fingerprint density at radius 3 is 2.45 bits per heavy atom. The molecule has 0 spiro atoms. The van der Waals surface area contributed by atoms with Crippen LogP contribution in [0.3, 0.4) is 0 Å². The maximum Gasteiger partial charge on any atom is 0.262 e. The highest BCUT2D eigenvalue weighted by Crippen LogP contribution is 2.34. The highest BCUT2D eigenvalue weighted by atomic mass is 19.1. The molecule has 1 atom stereocenters. The number of aromatic amines is 1. The Bertz CT molecular complexity index is 2450. The number of amides is 5. The second-order valence-electron chi connectivity index (χ2n) is 15.1. The van der Waals surface area contributed by atoms with Crippen LogP contribution in [0.4, 0.5) is 15.8 Å². The van der Waals surface area contributed by atoms with Crippen molar-refractivity contribution >= 4 is 51.9 Å². The van der Waals surface area contributed by atoms with Crippen LogP contribution in [0, 0.1) is 5.82 Å². The van der Waals surface area contributed by atoms with Crippen molar-refractivity contribution in [3.05, 3.63) is 83.8 Å². The Labute approximate surface area is 344 Å². The number of unbranched alkanes of at least 4 members (excludes halogenated alkanes) is 3. The predicted octanol–water partition coefficient (Wildman–Crippen LogP) is 4.15. The number of rotatable bonds is 15. The fraction of sp³-hybridized carbons (Fsp3) is 0.349. The van der Waals surface area contributed by atoms with Crippen molar-refractivity contribution in [2.75, 3.05) is 63.1 Å². The summed E-state index contributed by atoms with van der Waals surface area (Å²) < 4.78 is 20.1. The summed E-state index contributed by atoms with van der Waals surface area (Å²) in [7, 11) is 1.48. The van der Waals surface area contributed by atoms with Crippen LogP contribution >= 0.6 is 0 Å². The lowest BCUT2D eigenvalue weighted by Gasteiger charge is -2.35. The number of piperazine rings is 1. The standard InChI is InChI=1S/C43H45FN10O6/c1-60-34-8-6-7-31(44)37(34)40-47-24-32-39(49-40)38(51-50-32)26-9-12-28(13-10-26)53-21-19-52(20-22-53)25-36(56)46-18-5-3-2-4-17-45-27-11-14-29-30(23-27)43(59)54(42(29)58)33-15-16-35(55)48-41(33)57/h6-14,23-24,33,45H,2-5,15-22,25H2,1H3,(H,46,56)(H,50,51)(H,48,55,57). The van der Waals surface area contributed by atoms with Crippen molar-refractivity contribution in [1.29, 1.82) is 0 Å². The van der Waals surface area contributed by atoms with Crippen LogP contribution in [0.25, 0.3) is 33.7 Å². The molecule has 310 valence electrons. The first kappa shape index (κ1) is 40.0. The Morgan fingerprint density at radius 2 is 1.68 bits per heavy atom. The number of fused-ring (bicyclic) bond motifs is 2. The zero-order valence-electron chi connectivity index (χ0n) is 33.1. The van der Waals surface area contributed by atoms with Crippen LogP contribution in [0.2, 0.25) is 0 Å². The summed E-state index contributed by atoms with van der Waals surface area (Å²) in [4.78, 5) is 77.0. The molecule has 0 aliphatic carbocycles. The molecule has 16 nitrogen and oxygen atoms in total. The largest absolute Gasteiger partial charge is 0.496 e. The Hall–Kier alpha value is -6.75. The highest BCUT2D eigenvalue weighted by Gasteiger charge is 2.44. The van der Waals surface area contributed by atoms with Gasteiger partial charge in [0.15, 0.2) is 5.82 Å². The molecule has 0 bridgehead atoms. The number of carbonyl (C=O) groups excluding carboxylic acids is 5. The smallest absolute Gasteiger partial charge is 0.262 e. The van der Waals surface area contributed by atoms with Gasteiger partial charge in [0.2, 0.25) is 17.7 Å². The zero-order chi connectivity index (χ0) is 41.8. The van der Waals surface area contributed by atoms with Gasteiger partial charge in [-0.3, -0.25) is 44.2 Å². The van der Waals surface area contributed by atoms with Gasteiger partial charge in [-0.25, -0.2) is 14.4 Å². The van der Waals surface area contributed by atoms with E-state index in [-0.39, 0.29) is 41.3 Å². The summed E-state index contributed by atoms with van der Waals surface area (Å²) >= 11 is 0. The lowest BCUT2D eigenvalue weighted by atomic mass is 10.0. The number of halogens is 1. The molecule has 3 aromatic carbocycles. The first-order chi connectivity index (χ1) is 29.2. The molecule has 3 aliphatic rings. The molecule has 3 aliphatic heterocycles. The summed E-state index contributed by atoms with van der Waals surface area (Å²) in [5.74, 6) is -1.99. The van der Waals surface area contributed by atoms with Crippen LogP contribution < -0.4 is 25.6 Å². The van der Waals surface area contributed by atoms with E-state index in [1.54, 1.807) is 36.5 Å². The quantitative estimate of drug-likeness (QED) is 0.0873. The van der Waals surface area contributed by atoms with Gasteiger partial charge in [0.1, 0.15) is 34.3 Å². The number of aromatic nitrogens is 4. The van der Waals surface area contributed by atoms with E-state index in [0.29, 0.717) is 47.8 Å². The molecule has 2 saturated heterocycles. The molecule has 1 unspecified atom stereocenters. The van der Waals surface area contributed by atoms with E-state index in [1.165, 1.54) is 13.2 Å². The minimum absolute atomic E-state index is 0.0157. The molecule has 5 heterocycles. The number of ether oxygens (including phenoxy) is 1. The van der Waals surface area contributed by atoms with Gasteiger partial charge < -0.3 is 20.3 Å². The number of carbonyl (C=O) groups is 5. The molecule has 2 fully saturated rings. The molecular formula is C43H45FN10O6. The van der Waals surface area contributed by atoms with Crippen molar-refractivity contribution in [3.8, 4) is 28.4 Å². The molecule has 5 amide bonds. The predicted molar refractivity (Wildman–Crippen MR) is 221 cm³/mol. The zero-order valence-corrected chi connectivity index (χ0v) is 33.1. The van der Waals surface area contributed by atoms with Crippen LogP contribution in [0.5, 0.6) is 5.75 Å². The number of piperidine rings is 1. The van der Waals surface area contributed by atoms with E-state index < -0.39 is 35.5 Å². The third-order valence-electron chi connectivity index (χ3n) is 11.2. The fourth-order valence-corrected chi connectivity index (χ4v) is 7.92. The van der Waals surface area contributed by atoms with E-state index in [9.17, 15) is 28.4 Å². The maximum absolute atomic E-state index is 14.8. The first-order valence-electron chi connectivity index (χ1n) is 20.2. The second kappa shape index (κ2) is 17.6. The third kappa shape index (κ3) is 8.38. The third-order valence-corrected chi connectivity index (χ3v) is 11.2. The molecule has 17 heteroatoms. The molecule has 0 saturated carbocycles. The monoisotopic (exact) mass is 816 g/mol. The molecule has 2 aromatic heterocycles. The van der Waals surface area contributed by atoms with Gasteiger partial charge in [-0.1, -0.05) is 31.0 Å². The first-order valence-corrected chi connectivity index (χ1v) is 20.2. The number of nitrogens with zero attached hydrogens (tertiary/aromatic N) is 6. The number of hydrogen-bond donors (Lipinski definition) is 4. The van der Waals surface area contributed by atoms with Crippen molar-refractivity contribution in [1.82, 2.24) is 40.6 Å². The molecular weight excluding hydrogens is 772 g/mol. The number of anilines is 2. The van der Waals surface area contributed by atoms with E-state index in [4.69, 9.17) is 4.74 Å². The average molecular weight is 817 g/mol. The summed E-state index contributed by atoms with van der Waals surface area (Å²) in [5.41, 5.74) is 5.18. The number of H-pyrrole nitrogens is 1. The summed E-state index contributed by atoms with van der Waals surface area (Å²) in [5, 5.41) is 16.0. The van der Waals surface area contributed by atoms with Crippen molar-refractivity contribution in [2.24, 2.45) is 0 Å². The van der Waals surface area contributed by atoms with Crippen LogP contribution in [-0.4, -0.2) is 118 Å². The van der Waals surface area contributed by atoms with Crippen molar-refractivity contribution < 1.29 is 33.1 Å². The van der Waals surface area contributed by atoms with E-state index >= 15 is 0 Å². The number of hydrogen-bond acceptors (Lipinski definition) is 12. The van der Waals surface area contributed by atoms with E-state index in [2.05, 4.69) is 58.0 Å². The van der Waals surface area contributed by atoms with Crippen molar-refractivity contribution in [2.45, 2.75) is 44.6 Å². The highest BCUT2D eigenvalue weighted by molar-refractivity contribution is 6.23. The molecule has 4 N–H and O–H groups in total. The average Bonchev–Trinajstić information content (AvgIpc) is 3.79. The summed E-state index contributed by atoms with van der Waals surface area (Å²) in [6.45, 7) is 4.73. The van der Waals surface area contributed by atoms with Gasteiger partial charge in [-0.2, -0.15) is 5.10 Å². The number of imide groups is 2. The lowest BCUT2D eigenvalue weighted by molar-refractivity contribution is -0.136. The molecule has 0 radical (unpaired) electrons. The second-order valence-corrected chi connectivity index (χ2v) is 15.1. The lowest BCUT2D eigenvalue weighted by Crippen LogP contribution is -2.54.